The highest BCUT2D eigenvalue weighted by atomic mass is 14.9. The number of benzene rings is 1. The van der Waals surface area contributed by atoms with Crippen LogP contribution in [0.1, 0.15) is 62.4 Å². The molecule has 0 aliphatic heterocycles. The summed E-state index contributed by atoms with van der Waals surface area (Å²) in [5.41, 5.74) is 6.98. The number of nitrogens with one attached hydrogen (secondary N) is 1. The van der Waals surface area contributed by atoms with E-state index in [0.717, 1.165) is 19.4 Å². The maximum atomic E-state index is 4.97. The summed E-state index contributed by atoms with van der Waals surface area (Å²) >= 11 is 0. The molecule has 1 aliphatic carbocycles. The molecule has 0 saturated carbocycles. The second-order valence-electron chi connectivity index (χ2n) is 6.62. The van der Waals surface area contributed by atoms with Gasteiger partial charge in [-0.05, 0) is 74.3 Å². The Morgan fingerprint density at radius 2 is 2.00 bits per heavy atom. The molecule has 3 rings (SSSR count). The van der Waals surface area contributed by atoms with Gasteiger partial charge in [-0.25, -0.2) is 0 Å². The second kappa shape index (κ2) is 6.78. The van der Waals surface area contributed by atoms with Crippen molar-refractivity contribution >= 4 is 10.9 Å². The normalized spacial score (nSPS) is 15.8. The van der Waals surface area contributed by atoms with Crippen LogP contribution in [0.2, 0.25) is 0 Å². The smallest absolute Gasteiger partial charge is 0.0708 e. The first-order chi connectivity index (χ1) is 10.7. The van der Waals surface area contributed by atoms with E-state index in [0.29, 0.717) is 6.04 Å². The molecule has 1 aromatic carbocycles. The highest BCUT2D eigenvalue weighted by Gasteiger charge is 2.18. The van der Waals surface area contributed by atoms with Gasteiger partial charge < -0.3 is 5.32 Å². The lowest BCUT2D eigenvalue weighted by molar-refractivity contribution is 0.531. The molecule has 1 unspecified atom stereocenters. The number of hydrogen-bond acceptors (Lipinski definition) is 2. The summed E-state index contributed by atoms with van der Waals surface area (Å²) in [6.07, 6.45) is 7.21. The van der Waals surface area contributed by atoms with Crippen LogP contribution in [-0.4, -0.2) is 11.0 Å². The fourth-order valence-corrected chi connectivity index (χ4v) is 3.41. The van der Waals surface area contributed by atoms with Crippen LogP contribution >= 0.6 is 0 Å². The molecule has 2 heteroatoms. The number of aryl methyl sites for hydroxylation is 2. The number of aromatic nitrogens is 1. The van der Waals surface area contributed by atoms with Crippen molar-refractivity contribution in [3.05, 3.63) is 40.6 Å². The lowest BCUT2D eigenvalue weighted by atomic mass is 9.89. The van der Waals surface area contributed by atoms with Gasteiger partial charge in [0.15, 0.2) is 0 Å². The molecule has 0 radical (unpaired) electrons. The number of fused-ring (bicyclic) bond motifs is 2. The molecule has 0 spiro atoms. The molecular weight excluding hydrogens is 268 g/mol. The van der Waals surface area contributed by atoms with Gasteiger partial charge in [0, 0.05) is 23.7 Å². The minimum atomic E-state index is 0.566. The van der Waals surface area contributed by atoms with Gasteiger partial charge in [0.25, 0.3) is 0 Å². The number of pyridine rings is 1. The SMILES string of the molecule is CCc1ccc2nc3c(c(CNC(C)CC)c2c1)CCCC3. The van der Waals surface area contributed by atoms with E-state index in [4.69, 9.17) is 4.98 Å². The highest BCUT2D eigenvalue weighted by molar-refractivity contribution is 5.84. The fraction of sp³-hybridized carbons (Fsp3) is 0.550. The van der Waals surface area contributed by atoms with Gasteiger partial charge in [-0.1, -0.05) is 19.9 Å². The molecule has 22 heavy (non-hydrogen) atoms. The third kappa shape index (κ3) is 3.03. The lowest BCUT2D eigenvalue weighted by Gasteiger charge is -2.22. The average Bonchev–Trinajstić information content (AvgIpc) is 2.57. The van der Waals surface area contributed by atoms with Crippen LogP contribution in [0.4, 0.5) is 0 Å². The second-order valence-corrected chi connectivity index (χ2v) is 6.62. The Bertz CT molecular complexity index is 660. The van der Waals surface area contributed by atoms with E-state index >= 15 is 0 Å². The summed E-state index contributed by atoms with van der Waals surface area (Å²) in [6, 6.07) is 7.38. The standard InChI is InChI=1S/C20H28N2/c1-4-14(3)21-13-18-16-8-6-7-9-19(16)22-20-11-10-15(5-2)12-17(18)20/h10-12,14,21H,4-9,13H2,1-3H3. The van der Waals surface area contributed by atoms with Crippen LogP contribution in [-0.2, 0) is 25.8 Å². The van der Waals surface area contributed by atoms with Gasteiger partial charge in [0.1, 0.15) is 0 Å². The van der Waals surface area contributed by atoms with Crippen LogP contribution in [0.3, 0.4) is 0 Å². The molecule has 0 saturated heterocycles. The fourth-order valence-electron chi connectivity index (χ4n) is 3.41. The zero-order valence-corrected chi connectivity index (χ0v) is 14.2. The predicted octanol–water partition coefficient (Wildman–Crippen LogP) is 4.56. The maximum absolute atomic E-state index is 4.97. The zero-order valence-electron chi connectivity index (χ0n) is 14.2. The molecule has 118 valence electrons. The van der Waals surface area contributed by atoms with E-state index in [1.165, 1.54) is 59.0 Å². The van der Waals surface area contributed by atoms with Crippen LogP contribution in [0.25, 0.3) is 10.9 Å². The Morgan fingerprint density at radius 1 is 1.18 bits per heavy atom. The van der Waals surface area contributed by atoms with Crippen molar-refractivity contribution in [2.45, 2.75) is 71.9 Å². The minimum absolute atomic E-state index is 0.566. The van der Waals surface area contributed by atoms with Gasteiger partial charge in [0.2, 0.25) is 0 Å². The van der Waals surface area contributed by atoms with Gasteiger partial charge in [-0.2, -0.15) is 0 Å². The lowest BCUT2D eigenvalue weighted by Crippen LogP contribution is -2.26. The van der Waals surface area contributed by atoms with Crippen LogP contribution in [0.5, 0.6) is 0 Å². The van der Waals surface area contributed by atoms with Gasteiger partial charge in [-0.3, -0.25) is 4.98 Å². The molecule has 2 aromatic rings. The van der Waals surface area contributed by atoms with E-state index in [1.807, 2.05) is 0 Å². The summed E-state index contributed by atoms with van der Waals surface area (Å²) in [4.78, 5) is 4.97. The Morgan fingerprint density at radius 3 is 2.77 bits per heavy atom. The molecule has 1 heterocycles. The molecule has 1 aromatic heterocycles. The summed E-state index contributed by atoms with van der Waals surface area (Å²) in [6.45, 7) is 7.72. The molecule has 1 atom stereocenters. The monoisotopic (exact) mass is 296 g/mol. The van der Waals surface area contributed by atoms with Crippen molar-refractivity contribution < 1.29 is 0 Å². The zero-order chi connectivity index (χ0) is 15.5. The van der Waals surface area contributed by atoms with Gasteiger partial charge in [-0.15, -0.1) is 0 Å². The Balaban J connectivity index is 2.10. The Hall–Kier alpha value is -1.41. The molecular formula is C20H28N2. The van der Waals surface area contributed by atoms with Crippen molar-refractivity contribution in [1.29, 1.82) is 0 Å². The van der Waals surface area contributed by atoms with Crippen molar-refractivity contribution in [3.63, 3.8) is 0 Å². The van der Waals surface area contributed by atoms with Gasteiger partial charge >= 0.3 is 0 Å². The van der Waals surface area contributed by atoms with Crippen molar-refractivity contribution in [2.24, 2.45) is 0 Å². The maximum Gasteiger partial charge on any atom is 0.0708 e. The first-order valence-corrected chi connectivity index (χ1v) is 8.89. The summed E-state index contributed by atoms with van der Waals surface area (Å²) in [5, 5.41) is 5.07. The number of nitrogens with zero attached hydrogens (tertiary/aromatic N) is 1. The van der Waals surface area contributed by atoms with E-state index in [1.54, 1.807) is 0 Å². The minimum Gasteiger partial charge on any atom is -0.310 e. The quantitative estimate of drug-likeness (QED) is 0.874. The Kier molecular flexibility index (Phi) is 4.77. The van der Waals surface area contributed by atoms with Gasteiger partial charge in [0.05, 0.1) is 5.52 Å². The van der Waals surface area contributed by atoms with Crippen molar-refractivity contribution in [2.75, 3.05) is 0 Å². The van der Waals surface area contributed by atoms with Crippen molar-refractivity contribution in [1.82, 2.24) is 10.3 Å². The summed E-state index contributed by atoms with van der Waals surface area (Å²) < 4.78 is 0. The van der Waals surface area contributed by atoms with Crippen LogP contribution in [0, 0.1) is 0 Å². The Labute approximate surface area is 134 Å². The third-order valence-corrected chi connectivity index (χ3v) is 5.09. The first kappa shape index (κ1) is 15.5. The summed E-state index contributed by atoms with van der Waals surface area (Å²) in [5.74, 6) is 0. The average molecular weight is 296 g/mol. The highest BCUT2D eigenvalue weighted by Crippen LogP contribution is 2.30. The summed E-state index contributed by atoms with van der Waals surface area (Å²) in [7, 11) is 0. The van der Waals surface area contributed by atoms with E-state index in [9.17, 15) is 0 Å². The number of hydrogen-bond donors (Lipinski definition) is 1. The molecule has 0 fully saturated rings. The van der Waals surface area contributed by atoms with Crippen LogP contribution in [0.15, 0.2) is 18.2 Å². The number of rotatable bonds is 5. The molecule has 2 nitrogen and oxygen atoms in total. The third-order valence-electron chi connectivity index (χ3n) is 5.09. The van der Waals surface area contributed by atoms with E-state index in [2.05, 4.69) is 44.3 Å². The molecule has 0 bridgehead atoms. The van der Waals surface area contributed by atoms with E-state index in [-0.39, 0.29) is 0 Å². The predicted molar refractivity (Wildman–Crippen MR) is 94.4 cm³/mol. The largest absolute Gasteiger partial charge is 0.310 e. The first-order valence-electron chi connectivity index (χ1n) is 8.89. The van der Waals surface area contributed by atoms with E-state index < -0.39 is 0 Å². The molecule has 1 aliphatic rings. The topological polar surface area (TPSA) is 24.9 Å². The molecule has 0 amide bonds. The van der Waals surface area contributed by atoms with Crippen LogP contribution < -0.4 is 5.32 Å². The van der Waals surface area contributed by atoms with Crippen molar-refractivity contribution in [3.8, 4) is 0 Å². The molecule has 1 N–H and O–H groups in total.